The number of rotatable bonds is 6. The molecule has 3 aromatic carbocycles. The molecule has 0 aliphatic heterocycles. The average molecular weight is 593 g/mol. The first kappa shape index (κ1) is 26.8. The topological polar surface area (TPSA) is 111 Å². The van der Waals surface area contributed by atoms with E-state index in [9.17, 15) is 10.2 Å². The minimum absolute atomic E-state index is 0.185. The number of nitrogen functional groups attached to an aromatic ring is 2. The van der Waals surface area contributed by atoms with Crippen LogP contribution in [0.25, 0.3) is 0 Å². The molecule has 0 unspecified atom stereocenters. The molecule has 0 saturated heterocycles. The number of phenolic OH excluding ortho intramolecular Hbond substituents is 2. The molecule has 0 spiro atoms. The summed E-state index contributed by atoms with van der Waals surface area (Å²) in [5.74, 6) is 9.28. The molecule has 0 aromatic heterocycles. The molecule has 0 radical (unpaired) electrons. The van der Waals surface area contributed by atoms with E-state index >= 15 is 0 Å². The van der Waals surface area contributed by atoms with Gasteiger partial charge in [-0.1, -0.05) is 6.07 Å². The van der Waals surface area contributed by atoms with Gasteiger partial charge in [0.05, 0.1) is 11.4 Å². The molecule has 44 heavy (non-hydrogen) atoms. The normalized spacial score (nSPS) is 36.1. The SMILES string of the molecule is Nc1ccc(Oc2cccc(Oc3ccc(N)c(O)c3C3C4CC5CC(C4)CC3C5)c2)c(C2C3CC4CC(C3)CC2C4)c1O. The van der Waals surface area contributed by atoms with Crippen LogP contribution in [0.1, 0.15) is 87.2 Å². The van der Waals surface area contributed by atoms with Crippen molar-refractivity contribution in [3.63, 3.8) is 0 Å². The molecule has 8 saturated carbocycles. The molecule has 230 valence electrons. The van der Waals surface area contributed by atoms with Crippen molar-refractivity contribution in [2.75, 3.05) is 11.5 Å². The Balaban J connectivity index is 1.02. The van der Waals surface area contributed by atoms with Gasteiger partial charge in [0.25, 0.3) is 0 Å². The first-order valence-electron chi connectivity index (χ1n) is 17.1. The lowest BCUT2D eigenvalue weighted by molar-refractivity contribution is -0.00404. The second-order valence-electron chi connectivity index (χ2n) is 15.4. The molecule has 0 heterocycles. The zero-order valence-corrected chi connectivity index (χ0v) is 25.3. The second kappa shape index (κ2) is 9.98. The van der Waals surface area contributed by atoms with Crippen LogP contribution in [-0.2, 0) is 0 Å². The molecule has 8 aliphatic rings. The Kier molecular flexibility index (Phi) is 6.09. The molecule has 3 aromatic rings. The monoisotopic (exact) mass is 592 g/mol. The molecule has 8 bridgehead atoms. The van der Waals surface area contributed by atoms with Gasteiger partial charge >= 0.3 is 0 Å². The van der Waals surface area contributed by atoms with Crippen molar-refractivity contribution < 1.29 is 19.7 Å². The summed E-state index contributed by atoms with van der Waals surface area (Å²) >= 11 is 0. The minimum atomic E-state index is 0.185. The van der Waals surface area contributed by atoms with Crippen molar-refractivity contribution in [3.05, 3.63) is 59.7 Å². The Hall–Kier alpha value is -3.54. The maximum absolute atomic E-state index is 11.3. The van der Waals surface area contributed by atoms with E-state index in [-0.39, 0.29) is 23.3 Å². The van der Waals surface area contributed by atoms with Crippen LogP contribution in [0.4, 0.5) is 11.4 Å². The predicted octanol–water partition coefficient (Wildman–Crippen LogP) is 8.93. The van der Waals surface area contributed by atoms with E-state index in [0.717, 1.165) is 34.8 Å². The number of hydrogen-bond acceptors (Lipinski definition) is 6. The van der Waals surface area contributed by atoms with Crippen molar-refractivity contribution in [1.29, 1.82) is 0 Å². The lowest BCUT2D eigenvalue weighted by Gasteiger charge is -2.54. The van der Waals surface area contributed by atoms with Gasteiger partial charge in [-0.05, 0) is 160 Å². The maximum Gasteiger partial charge on any atom is 0.145 e. The Labute approximate surface area is 259 Å². The van der Waals surface area contributed by atoms with Gasteiger partial charge in [0, 0.05) is 17.2 Å². The van der Waals surface area contributed by atoms with E-state index in [0.29, 0.717) is 58.0 Å². The van der Waals surface area contributed by atoms with Crippen LogP contribution in [0.2, 0.25) is 0 Å². The smallest absolute Gasteiger partial charge is 0.145 e. The van der Waals surface area contributed by atoms with E-state index in [4.69, 9.17) is 20.9 Å². The predicted molar refractivity (Wildman–Crippen MR) is 171 cm³/mol. The number of nitrogens with two attached hydrogens (primary N) is 2. The number of anilines is 2. The van der Waals surface area contributed by atoms with E-state index in [1.165, 1.54) is 64.2 Å². The molecule has 8 fully saturated rings. The van der Waals surface area contributed by atoms with Crippen LogP contribution in [0.3, 0.4) is 0 Å². The Morgan fingerprint density at radius 3 is 1.23 bits per heavy atom. The summed E-state index contributed by atoms with van der Waals surface area (Å²) in [6.45, 7) is 0. The van der Waals surface area contributed by atoms with E-state index < -0.39 is 0 Å². The summed E-state index contributed by atoms with van der Waals surface area (Å²) in [5, 5.41) is 22.6. The van der Waals surface area contributed by atoms with Gasteiger partial charge in [0.1, 0.15) is 34.5 Å². The van der Waals surface area contributed by atoms with Crippen molar-refractivity contribution >= 4 is 11.4 Å². The Bertz CT molecular complexity index is 1450. The number of ether oxygens (including phenoxy) is 2. The van der Waals surface area contributed by atoms with Crippen molar-refractivity contribution in [2.45, 2.75) is 76.0 Å². The fourth-order valence-corrected chi connectivity index (χ4v) is 11.7. The minimum Gasteiger partial charge on any atom is -0.505 e. The largest absolute Gasteiger partial charge is 0.505 e. The van der Waals surface area contributed by atoms with Crippen LogP contribution >= 0.6 is 0 Å². The quantitative estimate of drug-likeness (QED) is 0.168. The number of phenols is 2. The standard InChI is InChI=1S/C38H44N2O4/c39-29-4-6-31(35(37(29)41)33-23-10-19-8-20(12-23)13-24(33)11-19)43-27-2-1-3-28(18-27)44-32-7-5-30(40)38(42)36(32)34-25-14-21-9-22(16-25)17-26(34)15-21/h1-7,18-26,33-34,41-42H,8-17,39-40H2. The summed E-state index contributed by atoms with van der Waals surface area (Å²) < 4.78 is 13.2. The molecule has 6 N–H and O–H groups in total. The fourth-order valence-electron chi connectivity index (χ4n) is 11.7. The van der Waals surface area contributed by atoms with Crippen LogP contribution in [0, 0.1) is 47.3 Å². The van der Waals surface area contributed by atoms with Crippen LogP contribution in [0.15, 0.2) is 48.5 Å². The highest BCUT2D eigenvalue weighted by molar-refractivity contribution is 5.64. The molecular weight excluding hydrogens is 548 g/mol. The number of hydrogen-bond donors (Lipinski definition) is 4. The second-order valence-corrected chi connectivity index (χ2v) is 15.4. The lowest BCUT2D eigenvalue weighted by Crippen LogP contribution is -2.43. The Morgan fingerprint density at radius 1 is 0.500 bits per heavy atom. The molecule has 8 aliphatic carbocycles. The maximum atomic E-state index is 11.3. The molecule has 6 heteroatoms. The van der Waals surface area contributed by atoms with Crippen LogP contribution < -0.4 is 20.9 Å². The third-order valence-electron chi connectivity index (χ3n) is 12.8. The van der Waals surface area contributed by atoms with E-state index in [2.05, 4.69) is 0 Å². The molecular formula is C38H44N2O4. The van der Waals surface area contributed by atoms with Crippen LogP contribution in [0.5, 0.6) is 34.5 Å². The van der Waals surface area contributed by atoms with E-state index in [1.807, 2.05) is 36.4 Å². The van der Waals surface area contributed by atoms with Gasteiger partial charge in [-0.3, -0.25) is 0 Å². The fraction of sp³-hybridized carbons (Fsp3) is 0.526. The zero-order valence-electron chi connectivity index (χ0n) is 25.3. The molecule has 6 nitrogen and oxygen atoms in total. The summed E-state index contributed by atoms with van der Waals surface area (Å²) in [4.78, 5) is 0. The van der Waals surface area contributed by atoms with Crippen molar-refractivity contribution in [2.24, 2.45) is 47.3 Å². The van der Waals surface area contributed by atoms with E-state index in [1.54, 1.807) is 12.1 Å². The molecule has 0 atom stereocenters. The number of aromatic hydroxyl groups is 2. The van der Waals surface area contributed by atoms with Gasteiger partial charge in [-0.25, -0.2) is 0 Å². The van der Waals surface area contributed by atoms with Gasteiger partial charge in [0.15, 0.2) is 0 Å². The van der Waals surface area contributed by atoms with Crippen molar-refractivity contribution in [1.82, 2.24) is 0 Å². The van der Waals surface area contributed by atoms with Gasteiger partial charge < -0.3 is 31.2 Å². The highest BCUT2D eigenvalue weighted by Gasteiger charge is 2.51. The average Bonchev–Trinajstić information content (AvgIpc) is 2.99. The van der Waals surface area contributed by atoms with Gasteiger partial charge in [-0.15, -0.1) is 0 Å². The summed E-state index contributed by atoms with van der Waals surface area (Å²) in [6.07, 6.45) is 12.7. The van der Waals surface area contributed by atoms with Gasteiger partial charge in [0.2, 0.25) is 0 Å². The lowest BCUT2D eigenvalue weighted by atomic mass is 9.50. The first-order valence-corrected chi connectivity index (χ1v) is 17.1. The third kappa shape index (κ3) is 4.27. The Morgan fingerprint density at radius 2 is 0.864 bits per heavy atom. The van der Waals surface area contributed by atoms with Crippen LogP contribution in [-0.4, -0.2) is 10.2 Å². The van der Waals surface area contributed by atoms with Crippen molar-refractivity contribution in [3.8, 4) is 34.5 Å². The number of benzene rings is 3. The van der Waals surface area contributed by atoms with Gasteiger partial charge in [-0.2, -0.15) is 0 Å². The summed E-state index contributed by atoms with van der Waals surface area (Å²) in [6, 6.07) is 15.0. The third-order valence-corrected chi connectivity index (χ3v) is 12.8. The molecule has 11 rings (SSSR count). The first-order chi connectivity index (χ1) is 21.4. The highest BCUT2D eigenvalue weighted by Crippen LogP contribution is 2.64. The molecule has 0 amide bonds. The highest BCUT2D eigenvalue weighted by atomic mass is 16.5. The zero-order chi connectivity index (χ0) is 29.7. The summed E-state index contributed by atoms with van der Waals surface area (Å²) in [7, 11) is 0. The summed E-state index contributed by atoms with van der Waals surface area (Å²) in [5.41, 5.74) is 15.2.